The fourth-order valence-corrected chi connectivity index (χ4v) is 5.31. The van der Waals surface area contributed by atoms with Crippen molar-refractivity contribution in [3.8, 4) is 0 Å². The summed E-state index contributed by atoms with van der Waals surface area (Å²) in [6.45, 7) is 2.27. The molecule has 0 saturated carbocycles. The van der Waals surface area contributed by atoms with Crippen molar-refractivity contribution in [3.63, 3.8) is 0 Å². The SMILES string of the molecule is C[C@H]1CC(Nc2ccc(Cl)cc2Cl)c2ccsc2S1. The van der Waals surface area contributed by atoms with Gasteiger partial charge in [0.1, 0.15) is 0 Å². The zero-order valence-electron chi connectivity index (χ0n) is 10.3. The van der Waals surface area contributed by atoms with Crippen molar-refractivity contribution in [3.05, 3.63) is 45.3 Å². The number of thioether (sulfide) groups is 1. The summed E-state index contributed by atoms with van der Waals surface area (Å²) in [5.74, 6) is 0. The van der Waals surface area contributed by atoms with E-state index in [0.29, 0.717) is 21.3 Å². The van der Waals surface area contributed by atoms with Crippen LogP contribution in [0, 0.1) is 0 Å². The fraction of sp³-hybridized carbons (Fsp3) is 0.286. The molecular weight excluding hydrogens is 317 g/mol. The minimum absolute atomic E-state index is 0.330. The molecule has 2 atom stereocenters. The van der Waals surface area contributed by atoms with Crippen LogP contribution in [-0.2, 0) is 0 Å². The number of thiophene rings is 1. The van der Waals surface area contributed by atoms with Gasteiger partial charge in [-0.05, 0) is 41.6 Å². The predicted molar refractivity (Wildman–Crippen MR) is 87.1 cm³/mol. The van der Waals surface area contributed by atoms with Gasteiger partial charge in [-0.25, -0.2) is 0 Å². The molecule has 0 radical (unpaired) electrons. The first-order chi connectivity index (χ1) is 9.13. The molecule has 2 heterocycles. The summed E-state index contributed by atoms with van der Waals surface area (Å²) >= 11 is 16.0. The molecule has 0 fully saturated rings. The Bertz CT molecular complexity index is 597. The number of hydrogen-bond acceptors (Lipinski definition) is 3. The Kier molecular flexibility index (Phi) is 3.99. The summed E-state index contributed by atoms with van der Waals surface area (Å²) in [4.78, 5) is 0. The van der Waals surface area contributed by atoms with Crippen LogP contribution in [0.15, 0.2) is 33.9 Å². The first-order valence-electron chi connectivity index (χ1n) is 6.09. The lowest BCUT2D eigenvalue weighted by Crippen LogP contribution is -2.19. The second kappa shape index (κ2) is 5.57. The molecule has 100 valence electrons. The van der Waals surface area contributed by atoms with Crippen LogP contribution in [0.5, 0.6) is 0 Å². The minimum Gasteiger partial charge on any atom is -0.377 e. The van der Waals surface area contributed by atoms with Crippen LogP contribution in [0.25, 0.3) is 0 Å². The van der Waals surface area contributed by atoms with Gasteiger partial charge in [0.05, 0.1) is 21.0 Å². The molecule has 1 nitrogen and oxygen atoms in total. The molecule has 0 saturated heterocycles. The Morgan fingerprint density at radius 2 is 2.11 bits per heavy atom. The highest BCUT2D eigenvalue weighted by atomic mass is 35.5. The first-order valence-corrected chi connectivity index (χ1v) is 8.60. The van der Waals surface area contributed by atoms with Crippen LogP contribution >= 0.6 is 46.3 Å². The fourth-order valence-electron chi connectivity index (χ4n) is 2.28. The van der Waals surface area contributed by atoms with Gasteiger partial charge in [-0.3, -0.25) is 0 Å². The Morgan fingerprint density at radius 1 is 1.26 bits per heavy atom. The number of nitrogens with one attached hydrogen (secondary N) is 1. The van der Waals surface area contributed by atoms with E-state index < -0.39 is 0 Å². The van der Waals surface area contributed by atoms with Crippen LogP contribution in [0.4, 0.5) is 5.69 Å². The molecule has 0 bridgehead atoms. The van der Waals surface area contributed by atoms with Gasteiger partial charge in [0.2, 0.25) is 0 Å². The van der Waals surface area contributed by atoms with Gasteiger partial charge in [-0.2, -0.15) is 0 Å². The maximum absolute atomic E-state index is 6.24. The van der Waals surface area contributed by atoms with E-state index in [0.717, 1.165) is 12.1 Å². The van der Waals surface area contributed by atoms with E-state index in [2.05, 4.69) is 23.7 Å². The summed E-state index contributed by atoms with van der Waals surface area (Å²) in [7, 11) is 0. The van der Waals surface area contributed by atoms with E-state index in [1.807, 2.05) is 35.2 Å². The summed E-state index contributed by atoms with van der Waals surface area (Å²) in [5.41, 5.74) is 2.34. The molecule has 3 rings (SSSR count). The second-order valence-corrected chi connectivity index (χ2v) is 8.12. The third kappa shape index (κ3) is 2.89. The monoisotopic (exact) mass is 329 g/mol. The lowest BCUT2D eigenvalue weighted by molar-refractivity contribution is 0.670. The molecular formula is C14H13Cl2NS2. The van der Waals surface area contributed by atoms with Crippen molar-refractivity contribution in [1.82, 2.24) is 0 Å². The third-order valence-corrected chi connectivity index (χ3v) is 6.06. The maximum atomic E-state index is 6.24. The summed E-state index contributed by atoms with van der Waals surface area (Å²) in [6, 6.07) is 8.13. The average Bonchev–Trinajstić information content (AvgIpc) is 2.80. The number of rotatable bonds is 2. The molecule has 0 spiro atoms. The Labute approximate surface area is 131 Å². The van der Waals surface area contributed by atoms with Gasteiger partial charge in [0.25, 0.3) is 0 Å². The number of halogens is 2. The molecule has 0 aliphatic carbocycles. The van der Waals surface area contributed by atoms with Crippen molar-refractivity contribution in [2.24, 2.45) is 0 Å². The van der Waals surface area contributed by atoms with E-state index in [1.165, 1.54) is 9.77 Å². The standard InChI is InChI=1S/C14H13Cl2NS2/c1-8-6-13(10-4-5-18-14(10)19-8)17-12-3-2-9(15)7-11(12)16/h2-5,7-8,13,17H,6H2,1H3/t8-,13?/m0/s1. The van der Waals surface area contributed by atoms with E-state index in [-0.39, 0.29) is 0 Å². The topological polar surface area (TPSA) is 12.0 Å². The molecule has 19 heavy (non-hydrogen) atoms. The highest BCUT2D eigenvalue weighted by Gasteiger charge is 2.26. The molecule has 1 N–H and O–H groups in total. The minimum atomic E-state index is 0.330. The zero-order valence-corrected chi connectivity index (χ0v) is 13.5. The van der Waals surface area contributed by atoms with Crippen LogP contribution in [0.1, 0.15) is 24.9 Å². The Balaban J connectivity index is 1.88. The summed E-state index contributed by atoms with van der Waals surface area (Å²) < 4.78 is 1.42. The largest absolute Gasteiger partial charge is 0.377 e. The third-order valence-electron chi connectivity index (χ3n) is 3.17. The molecule has 1 unspecified atom stereocenters. The van der Waals surface area contributed by atoms with Crippen LogP contribution in [0.2, 0.25) is 10.0 Å². The van der Waals surface area contributed by atoms with Crippen molar-refractivity contribution in [2.75, 3.05) is 5.32 Å². The highest BCUT2D eigenvalue weighted by molar-refractivity contribution is 8.01. The lowest BCUT2D eigenvalue weighted by atomic mass is 10.0. The number of hydrogen-bond donors (Lipinski definition) is 1. The average molecular weight is 330 g/mol. The van der Waals surface area contributed by atoms with E-state index >= 15 is 0 Å². The summed E-state index contributed by atoms with van der Waals surface area (Å²) in [5, 5.41) is 7.67. The molecule has 1 aromatic heterocycles. The number of benzene rings is 1. The second-order valence-electron chi connectivity index (χ2n) is 4.65. The molecule has 1 aliphatic rings. The van der Waals surface area contributed by atoms with Gasteiger partial charge in [-0.1, -0.05) is 30.1 Å². The zero-order chi connectivity index (χ0) is 13.4. The van der Waals surface area contributed by atoms with Crippen LogP contribution in [-0.4, -0.2) is 5.25 Å². The normalized spacial score (nSPS) is 22.1. The van der Waals surface area contributed by atoms with Crippen molar-refractivity contribution < 1.29 is 0 Å². The predicted octanol–water partition coefficient (Wildman–Crippen LogP) is 6.09. The van der Waals surface area contributed by atoms with Crippen LogP contribution < -0.4 is 5.32 Å². The lowest BCUT2D eigenvalue weighted by Gasteiger charge is -2.28. The number of anilines is 1. The maximum Gasteiger partial charge on any atom is 0.0653 e. The smallest absolute Gasteiger partial charge is 0.0653 e. The first kappa shape index (κ1) is 13.6. The Morgan fingerprint density at radius 3 is 2.89 bits per heavy atom. The van der Waals surface area contributed by atoms with E-state index in [1.54, 1.807) is 6.07 Å². The van der Waals surface area contributed by atoms with Gasteiger partial charge in [0, 0.05) is 10.3 Å². The van der Waals surface area contributed by atoms with Crippen molar-refractivity contribution in [2.45, 2.75) is 28.8 Å². The summed E-state index contributed by atoms with van der Waals surface area (Å²) in [6.07, 6.45) is 1.10. The van der Waals surface area contributed by atoms with Gasteiger partial charge >= 0.3 is 0 Å². The quantitative estimate of drug-likeness (QED) is 0.715. The van der Waals surface area contributed by atoms with Crippen LogP contribution in [0.3, 0.4) is 0 Å². The Hall–Kier alpha value is -0.350. The molecule has 1 aliphatic heterocycles. The highest BCUT2D eigenvalue weighted by Crippen LogP contribution is 2.45. The molecule has 1 aromatic carbocycles. The van der Waals surface area contributed by atoms with Gasteiger partial charge in [-0.15, -0.1) is 23.1 Å². The van der Waals surface area contributed by atoms with Gasteiger partial charge < -0.3 is 5.32 Å². The van der Waals surface area contributed by atoms with E-state index in [4.69, 9.17) is 23.2 Å². The van der Waals surface area contributed by atoms with Crippen molar-refractivity contribution in [1.29, 1.82) is 0 Å². The molecule has 5 heteroatoms. The van der Waals surface area contributed by atoms with E-state index in [9.17, 15) is 0 Å². The van der Waals surface area contributed by atoms with Gasteiger partial charge in [0.15, 0.2) is 0 Å². The van der Waals surface area contributed by atoms with Crippen molar-refractivity contribution >= 4 is 52.0 Å². The molecule has 2 aromatic rings. The molecule has 0 amide bonds. The number of fused-ring (bicyclic) bond motifs is 1.